The number of benzene rings is 1. The normalized spacial score (nSPS) is 26.4. The van der Waals surface area contributed by atoms with Crippen LogP contribution in [0.1, 0.15) is 32.3 Å². The van der Waals surface area contributed by atoms with Gasteiger partial charge in [-0.05, 0) is 17.9 Å². The molecule has 0 radical (unpaired) electrons. The van der Waals surface area contributed by atoms with Crippen LogP contribution in [0.3, 0.4) is 0 Å². The van der Waals surface area contributed by atoms with Gasteiger partial charge in [0.05, 0.1) is 4.92 Å². The minimum absolute atomic E-state index is 0.139. The number of carbonyl (C=O) groups excluding carboxylic acids is 2. The summed E-state index contributed by atoms with van der Waals surface area (Å²) in [4.78, 5) is 37.4. The number of anilines is 1. The summed E-state index contributed by atoms with van der Waals surface area (Å²) in [5, 5.41) is 17.4. The maximum absolute atomic E-state index is 13.1. The van der Waals surface area contributed by atoms with Gasteiger partial charge in [-0.25, -0.2) is 0 Å². The standard InChI is InChI=1S/C18H18N4O4/c1-17(2)7-11-13(12(23)8-17)18(14(22(25)26)15(19)20-11)9-5-3-4-6-10(9)21-16(18)24/h3-6,20H,7-8,19H2,1-2H3,(H,21,24). The molecular formula is C18H18N4O4. The second kappa shape index (κ2) is 4.94. The van der Waals surface area contributed by atoms with Gasteiger partial charge in [0.25, 0.3) is 5.91 Å². The van der Waals surface area contributed by atoms with Crippen LogP contribution in [0.15, 0.2) is 47.1 Å². The molecule has 0 saturated carbocycles. The SMILES string of the molecule is CC1(C)CC(=O)C2=C(C1)NC(N)=C([N+](=O)[O-])C21C(=O)Nc2ccccc21. The number of amides is 1. The Morgan fingerprint density at radius 1 is 1.15 bits per heavy atom. The molecule has 2 aliphatic heterocycles. The summed E-state index contributed by atoms with van der Waals surface area (Å²) in [5.41, 5.74) is 4.82. The molecule has 1 amide bonds. The van der Waals surface area contributed by atoms with E-state index in [4.69, 9.17) is 5.73 Å². The van der Waals surface area contributed by atoms with E-state index in [9.17, 15) is 19.7 Å². The Kier molecular flexibility index (Phi) is 3.10. The number of hydrogen-bond donors (Lipinski definition) is 3. The molecule has 0 fully saturated rings. The van der Waals surface area contributed by atoms with Crippen LogP contribution in [0.2, 0.25) is 0 Å². The quantitative estimate of drug-likeness (QED) is 0.518. The first-order chi connectivity index (χ1) is 12.2. The van der Waals surface area contributed by atoms with E-state index in [1.807, 2.05) is 13.8 Å². The van der Waals surface area contributed by atoms with E-state index in [0.717, 1.165) is 0 Å². The van der Waals surface area contributed by atoms with E-state index in [1.54, 1.807) is 24.3 Å². The van der Waals surface area contributed by atoms with Crippen molar-refractivity contribution in [2.24, 2.45) is 11.1 Å². The van der Waals surface area contributed by atoms with Crippen LogP contribution in [0, 0.1) is 15.5 Å². The number of rotatable bonds is 1. The van der Waals surface area contributed by atoms with Crippen molar-refractivity contribution < 1.29 is 14.5 Å². The summed E-state index contributed by atoms with van der Waals surface area (Å²) in [6.07, 6.45) is 0.673. The zero-order valence-electron chi connectivity index (χ0n) is 14.4. The third kappa shape index (κ3) is 1.89. The number of carbonyl (C=O) groups is 2. The van der Waals surface area contributed by atoms with Crippen molar-refractivity contribution in [1.29, 1.82) is 0 Å². The Hall–Kier alpha value is -3.16. The molecule has 1 aliphatic carbocycles. The van der Waals surface area contributed by atoms with Crippen LogP contribution < -0.4 is 16.4 Å². The van der Waals surface area contributed by atoms with Crippen molar-refractivity contribution in [1.82, 2.24) is 5.32 Å². The first-order valence-electron chi connectivity index (χ1n) is 8.28. The third-order valence-electron chi connectivity index (χ3n) is 5.25. The summed E-state index contributed by atoms with van der Waals surface area (Å²) >= 11 is 0. The highest BCUT2D eigenvalue weighted by molar-refractivity contribution is 6.18. The molecule has 0 aromatic heterocycles. The van der Waals surface area contributed by atoms with Gasteiger partial charge in [0.1, 0.15) is 0 Å². The molecule has 8 nitrogen and oxygen atoms in total. The highest BCUT2D eigenvalue weighted by Gasteiger charge is 2.64. The summed E-state index contributed by atoms with van der Waals surface area (Å²) in [6.45, 7) is 3.88. The van der Waals surface area contributed by atoms with Gasteiger partial charge in [0.2, 0.25) is 5.41 Å². The number of nitrogens with zero attached hydrogens (tertiary/aromatic N) is 1. The summed E-state index contributed by atoms with van der Waals surface area (Å²) in [7, 11) is 0. The Labute approximate surface area is 149 Å². The van der Waals surface area contributed by atoms with Crippen LogP contribution in [0.25, 0.3) is 0 Å². The van der Waals surface area contributed by atoms with Gasteiger partial charge < -0.3 is 16.4 Å². The lowest BCUT2D eigenvalue weighted by molar-refractivity contribution is -0.434. The van der Waals surface area contributed by atoms with Gasteiger partial charge in [-0.3, -0.25) is 19.7 Å². The topological polar surface area (TPSA) is 127 Å². The molecule has 1 aromatic rings. The molecule has 1 spiro atoms. The first-order valence-corrected chi connectivity index (χ1v) is 8.28. The maximum atomic E-state index is 13.1. The van der Waals surface area contributed by atoms with E-state index in [-0.39, 0.29) is 29.0 Å². The average Bonchev–Trinajstić information content (AvgIpc) is 2.78. The predicted molar refractivity (Wildman–Crippen MR) is 93.1 cm³/mol. The van der Waals surface area contributed by atoms with E-state index < -0.39 is 21.9 Å². The van der Waals surface area contributed by atoms with Gasteiger partial charge in [-0.15, -0.1) is 0 Å². The highest BCUT2D eigenvalue weighted by Crippen LogP contribution is 2.54. The molecule has 8 heteroatoms. The van der Waals surface area contributed by atoms with Crippen molar-refractivity contribution in [3.05, 3.63) is 62.7 Å². The van der Waals surface area contributed by atoms with Crippen LogP contribution in [-0.4, -0.2) is 16.6 Å². The number of Topliss-reactive ketones (excluding diaryl/α,β-unsaturated/α-hetero) is 1. The zero-order chi connectivity index (χ0) is 18.9. The monoisotopic (exact) mass is 354 g/mol. The Morgan fingerprint density at radius 3 is 2.54 bits per heavy atom. The fraction of sp³-hybridized carbons (Fsp3) is 0.333. The van der Waals surface area contributed by atoms with Gasteiger partial charge in [-0.1, -0.05) is 32.0 Å². The molecule has 4 N–H and O–H groups in total. The Balaban J connectivity index is 2.10. The number of fused-ring (bicyclic) bond motifs is 3. The van der Waals surface area contributed by atoms with Gasteiger partial charge >= 0.3 is 5.70 Å². The molecule has 1 atom stereocenters. The molecule has 1 aromatic carbocycles. The van der Waals surface area contributed by atoms with E-state index in [0.29, 0.717) is 23.4 Å². The number of nitrogens with two attached hydrogens (primary N) is 1. The van der Waals surface area contributed by atoms with Crippen LogP contribution in [0.5, 0.6) is 0 Å². The van der Waals surface area contributed by atoms with Crippen molar-refractivity contribution in [2.45, 2.75) is 32.1 Å². The largest absolute Gasteiger partial charge is 0.380 e. The minimum Gasteiger partial charge on any atom is -0.380 e. The van der Waals surface area contributed by atoms with Crippen LogP contribution in [0.4, 0.5) is 5.69 Å². The van der Waals surface area contributed by atoms with Crippen molar-refractivity contribution >= 4 is 17.4 Å². The molecule has 4 rings (SSSR count). The minimum atomic E-state index is -1.82. The molecule has 1 unspecified atom stereocenters. The Morgan fingerprint density at radius 2 is 1.85 bits per heavy atom. The fourth-order valence-electron chi connectivity index (χ4n) is 4.38. The fourth-order valence-corrected chi connectivity index (χ4v) is 4.38. The lowest BCUT2D eigenvalue weighted by Crippen LogP contribution is -2.53. The lowest BCUT2D eigenvalue weighted by Gasteiger charge is -2.40. The van der Waals surface area contributed by atoms with Crippen molar-refractivity contribution in [3.63, 3.8) is 0 Å². The Bertz CT molecular complexity index is 960. The maximum Gasteiger partial charge on any atom is 0.310 e. The molecule has 0 bridgehead atoms. The van der Waals surface area contributed by atoms with E-state index >= 15 is 0 Å². The van der Waals surface area contributed by atoms with E-state index in [2.05, 4.69) is 10.6 Å². The number of nitrogens with one attached hydrogen (secondary N) is 2. The van der Waals surface area contributed by atoms with E-state index in [1.165, 1.54) is 0 Å². The summed E-state index contributed by atoms with van der Waals surface area (Å²) in [6, 6.07) is 6.70. The van der Waals surface area contributed by atoms with Gasteiger partial charge in [0.15, 0.2) is 11.6 Å². The number of dihydropyridines is 1. The van der Waals surface area contributed by atoms with Gasteiger partial charge in [0, 0.05) is 28.9 Å². The highest BCUT2D eigenvalue weighted by atomic mass is 16.6. The number of para-hydroxylation sites is 1. The molecular weight excluding hydrogens is 336 g/mol. The molecule has 3 aliphatic rings. The van der Waals surface area contributed by atoms with Crippen LogP contribution >= 0.6 is 0 Å². The van der Waals surface area contributed by atoms with Crippen molar-refractivity contribution in [2.75, 3.05) is 5.32 Å². The molecule has 2 heterocycles. The lowest BCUT2D eigenvalue weighted by atomic mass is 9.63. The second-order valence-electron chi connectivity index (χ2n) is 7.69. The summed E-state index contributed by atoms with van der Waals surface area (Å²) < 4.78 is 0. The third-order valence-corrected chi connectivity index (χ3v) is 5.25. The number of allylic oxidation sites excluding steroid dienone is 1. The molecule has 26 heavy (non-hydrogen) atoms. The zero-order valence-corrected chi connectivity index (χ0v) is 14.4. The summed E-state index contributed by atoms with van der Waals surface area (Å²) in [5.74, 6) is -1.09. The number of ketones is 1. The van der Waals surface area contributed by atoms with Crippen LogP contribution in [-0.2, 0) is 15.0 Å². The van der Waals surface area contributed by atoms with Crippen molar-refractivity contribution in [3.8, 4) is 0 Å². The average molecular weight is 354 g/mol. The molecule has 0 saturated heterocycles. The number of hydrogen-bond acceptors (Lipinski definition) is 6. The number of nitro groups is 1. The smallest absolute Gasteiger partial charge is 0.310 e. The second-order valence-corrected chi connectivity index (χ2v) is 7.69. The van der Waals surface area contributed by atoms with Gasteiger partial charge in [-0.2, -0.15) is 0 Å². The predicted octanol–water partition coefficient (Wildman–Crippen LogP) is 1.53. The first kappa shape index (κ1) is 16.3. The molecule has 134 valence electrons.